The Bertz CT molecular complexity index is 1090. The minimum Gasteiger partial charge on any atom is -0.350 e. The second-order valence-corrected chi connectivity index (χ2v) is 10.2. The normalized spacial score (nSPS) is 11.2. The number of carbonyl (C=O) groups is 2. The SMILES string of the molecule is CCCCCCCCCCCCCCCC(=O)Nc1c(C(=O)c2ccccc2)[nH]c2cc(Cl)ccc12. The molecule has 1 aromatic heterocycles. The fourth-order valence-corrected chi connectivity index (χ4v) is 4.88. The summed E-state index contributed by atoms with van der Waals surface area (Å²) in [4.78, 5) is 29.1. The van der Waals surface area contributed by atoms with Crippen molar-refractivity contribution in [1.29, 1.82) is 0 Å². The van der Waals surface area contributed by atoms with Gasteiger partial charge in [-0.2, -0.15) is 0 Å². The summed E-state index contributed by atoms with van der Waals surface area (Å²) in [6.45, 7) is 2.26. The molecular formula is C31H41ClN2O2. The summed E-state index contributed by atoms with van der Waals surface area (Å²) in [5.41, 5.74) is 2.23. The summed E-state index contributed by atoms with van der Waals surface area (Å²) in [7, 11) is 0. The number of H-pyrrole nitrogens is 1. The van der Waals surface area contributed by atoms with Gasteiger partial charge in [0.2, 0.25) is 11.7 Å². The van der Waals surface area contributed by atoms with E-state index in [4.69, 9.17) is 11.6 Å². The van der Waals surface area contributed by atoms with Crippen molar-refractivity contribution in [3.63, 3.8) is 0 Å². The number of rotatable bonds is 17. The van der Waals surface area contributed by atoms with Crippen LogP contribution in [-0.4, -0.2) is 16.7 Å². The van der Waals surface area contributed by atoms with Gasteiger partial charge in [0.25, 0.3) is 0 Å². The summed E-state index contributed by atoms with van der Waals surface area (Å²) >= 11 is 6.16. The molecule has 2 aromatic carbocycles. The molecule has 0 aliphatic rings. The Hall–Kier alpha value is -2.59. The minimum absolute atomic E-state index is 0.0592. The molecular weight excluding hydrogens is 468 g/mol. The topological polar surface area (TPSA) is 62.0 Å². The maximum absolute atomic E-state index is 13.2. The number of benzene rings is 2. The first-order chi connectivity index (χ1) is 17.6. The number of halogens is 1. The number of ketones is 1. The first kappa shape index (κ1) is 28.0. The maximum atomic E-state index is 13.2. The second kappa shape index (κ2) is 15.5. The summed E-state index contributed by atoms with van der Waals surface area (Å²) < 4.78 is 0. The Balaban J connectivity index is 1.43. The summed E-state index contributed by atoms with van der Waals surface area (Å²) in [6, 6.07) is 14.5. The van der Waals surface area contributed by atoms with Crippen LogP contribution in [-0.2, 0) is 4.79 Å². The predicted octanol–water partition coefficient (Wildman–Crippen LogP) is 9.47. The number of anilines is 1. The third-order valence-corrected chi connectivity index (χ3v) is 7.03. The van der Waals surface area contributed by atoms with E-state index in [0.29, 0.717) is 28.4 Å². The van der Waals surface area contributed by atoms with Crippen molar-refractivity contribution in [2.45, 2.75) is 96.8 Å². The summed E-state index contributed by atoms with van der Waals surface area (Å²) in [6.07, 6.45) is 17.0. The number of unbranched alkanes of at least 4 members (excludes halogenated alkanes) is 12. The van der Waals surface area contributed by atoms with Crippen LogP contribution < -0.4 is 5.32 Å². The van der Waals surface area contributed by atoms with Crippen molar-refractivity contribution in [2.24, 2.45) is 0 Å². The largest absolute Gasteiger partial charge is 0.350 e. The molecule has 194 valence electrons. The van der Waals surface area contributed by atoms with Gasteiger partial charge < -0.3 is 10.3 Å². The van der Waals surface area contributed by atoms with Gasteiger partial charge in [-0.3, -0.25) is 9.59 Å². The number of aromatic nitrogens is 1. The first-order valence-electron chi connectivity index (χ1n) is 13.8. The Labute approximate surface area is 221 Å². The Morgan fingerprint density at radius 2 is 1.36 bits per heavy atom. The van der Waals surface area contributed by atoms with Crippen LogP contribution in [0.15, 0.2) is 48.5 Å². The van der Waals surface area contributed by atoms with E-state index in [1.54, 1.807) is 24.3 Å². The molecule has 1 heterocycles. The molecule has 5 heteroatoms. The van der Waals surface area contributed by atoms with Crippen LogP contribution in [0.3, 0.4) is 0 Å². The van der Waals surface area contributed by atoms with E-state index in [2.05, 4.69) is 17.2 Å². The number of hydrogen-bond donors (Lipinski definition) is 2. The monoisotopic (exact) mass is 508 g/mol. The van der Waals surface area contributed by atoms with Gasteiger partial charge in [-0.15, -0.1) is 0 Å². The van der Waals surface area contributed by atoms with E-state index in [1.165, 1.54) is 70.6 Å². The molecule has 0 saturated heterocycles. The Morgan fingerprint density at radius 3 is 1.97 bits per heavy atom. The van der Waals surface area contributed by atoms with Gasteiger partial charge in [0.05, 0.1) is 5.69 Å². The number of carbonyl (C=O) groups excluding carboxylic acids is 2. The molecule has 3 rings (SSSR count). The van der Waals surface area contributed by atoms with Crippen molar-refractivity contribution >= 4 is 39.9 Å². The zero-order chi connectivity index (χ0) is 25.6. The average molecular weight is 509 g/mol. The van der Waals surface area contributed by atoms with E-state index < -0.39 is 0 Å². The minimum atomic E-state index is -0.154. The smallest absolute Gasteiger partial charge is 0.224 e. The van der Waals surface area contributed by atoms with Gasteiger partial charge in [0, 0.05) is 27.9 Å². The molecule has 0 fully saturated rings. The molecule has 0 saturated carbocycles. The van der Waals surface area contributed by atoms with E-state index in [1.807, 2.05) is 24.3 Å². The van der Waals surface area contributed by atoms with Crippen molar-refractivity contribution in [3.8, 4) is 0 Å². The van der Waals surface area contributed by atoms with Crippen LogP contribution in [0.5, 0.6) is 0 Å². The molecule has 0 aliphatic heterocycles. The highest BCUT2D eigenvalue weighted by molar-refractivity contribution is 6.31. The standard InChI is InChI=1S/C31H41ClN2O2/c1-2-3-4-5-6-7-8-9-10-11-12-13-17-20-28(35)34-29-26-22-21-25(32)23-27(26)33-30(29)31(36)24-18-15-14-16-19-24/h14-16,18-19,21-23,33H,2-13,17,20H2,1H3,(H,34,35). The first-order valence-corrected chi connectivity index (χ1v) is 14.2. The summed E-state index contributed by atoms with van der Waals surface area (Å²) in [5.74, 6) is -0.213. The van der Waals surface area contributed by atoms with Crippen LogP contribution in [0.2, 0.25) is 5.02 Å². The lowest BCUT2D eigenvalue weighted by Gasteiger charge is -2.08. The van der Waals surface area contributed by atoms with E-state index in [9.17, 15) is 9.59 Å². The Morgan fingerprint density at radius 1 is 0.778 bits per heavy atom. The molecule has 2 N–H and O–H groups in total. The van der Waals surface area contributed by atoms with Gasteiger partial charge in [-0.25, -0.2) is 0 Å². The highest BCUT2D eigenvalue weighted by Gasteiger charge is 2.21. The van der Waals surface area contributed by atoms with E-state index in [-0.39, 0.29) is 11.7 Å². The molecule has 3 aromatic rings. The number of hydrogen-bond acceptors (Lipinski definition) is 2. The fourth-order valence-electron chi connectivity index (χ4n) is 4.71. The molecule has 0 atom stereocenters. The second-order valence-electron chi connectivity index (χ2n) is 9.80. The summed E-state index contributed by atoms with van der Waals surface area (Å²) in [5, 5.41) is 4.38. The van der Waals surface area contributed by atoms with Crippen LogP contribution in [0.25, 0.3) is 10.9 Å². The van der Waals surface area contributed by atoms with Gasteiger partial charge in [-0.05, 0) is 24.6 Å². The van der Waals surface area contributed by atoms with Gasteiger partial charge in [0.1, 0.15) is 5.69 Å². The number of amides is 1. The van der Waals surface area contributed by atoms with Crippen molar-refractivity contribution < 1.29 is 9.59 Å². The average Bonchev–Trinajstić information content (AvgIpc) is 3.23. The van der Waals surface area contributed by atoms with Crippen LogP contribution in [0.4, 0.5) is 5.69 Å². The van der Waals surface area contributed by atoms with Gasteiger partial charge >= 0.3 is 0 Å². The lowest BCUT2D eigenvalue weighted by molar-refractivity contribution is -0.116. The van der Waals surface area contributed by atoms with Crippen LogP contribution in [0.1, 0.15) is 113 Å². The molecule has 36 heavy (non-hydrogen) atoms. The highest BCUT2D eigenvalue weighted by atomic mass is 35.5. The maximum Gasteiger partial charge on any atom is 0.224 e. The third kappa shape index (κ3) is 8.81. The van der Waals surface area contributed by atoms with Gasteiger partial charge in [0.15, 0.2) is 0 Å². The zero-order valence-corrected chi connectivity index (χ0v) is 22.5. The molecule has 0 unspecified atom stereocenters. The molecule has 0 aliphatic carbocycles. The lowest BCUT2D eigenvalue weighted by atomic mass is 10.0. The Kier molecular flexibility index (Phi) is 12.1. The van der Waals surface area contributed by atoms with E-state index in [0.717, 1.165) is 23.7 Å². The van der Waals surface area contributed by atoms with Crippen molar-refractivity contribution in [2.75, 3.05) is 5.32 Å². The van der Waals surface area contributed by atoms with Crippen LogP contribution in [0, 0.1) is 0 Å². The molecule has 0 bridgehead atoms. The van der Waals surface area contributed by atoms with E-state index >= 15 is 0 Å². The number of fused-ring (bicyclic) bond motifs is 1. The van der Waals surface area contributed by atoms with Gasteiger partial charge in [-0.1, -0.05) is 126 Å². The molecule has 4 nitrogen and oxygen atoms in total. The predicted molar refractivity (Wildman–Crippen MR) is 152 cm³/mol. The number of nitrogens with one attached hydrogen (secondary N) is 2. The quantitative estimate of drug-likeness (QED) is 0.141. The molecule has 0 spiro atoms. The van der Waals surface area contributed by atoms with Crippen molar-refractivity contribution in [3.05, 3.63) is 64.8 Å². The molecule has 0 radical (unpaired) electrons. The zero-order valence-electron chi connectivity index (χ0n) is 21.7. The highest BCUT2D eigenvalue weighted by Crippen LogP contribution is 2.31. The fraction of sp³-hybridized carbons (Fsp3) is 0.484. The third-order valence-electron chi connectivity index (χ3n) is 6.80. The number of aromatic amines is 1. The molecule has 1 amide bonds. The van der Waals surface area contributed by atoms with Crippen molar-refractivity contribution in [1.82, 2.24) is 4.98 Å². The van der Waals surface area contributed by atoms with Crippen LogP contribution >= 0.6 is 11.6 Å². The lowest BCUT2D eigenvalue weighted by Crippen LogP contribution is -2.14.